The highest BCUT2D eigenvalue weighted by Crippen LogP contribution is 2.50. The Hall–Kier alpha value is -5.59. The summed E-state index contributed by atoms with van der Waals surface area (Å²) in [7, 11) is 7.41. The number of esters is 1. The first-order chi connectivity index (χ1) is 27.3. The van der Waals surface area contributed by atoms with Crippen LogP contribution in [0.2, 0.25) is 0 Å². The van der Waals surface area contributed by atoms with E-state index in [0.717, 1.165) is 60.0 Å². The van der Waals surface area contributed by atoms with Gasteiger partial charge in [0.15, 0.2) is 40.8 Å². The van der Waals surface area contributed by atoms with Crippen molar-refractivity contribution < 1.29 is 42.8 Å². The first-order valence-corrected chi connectivity index (χ1v) is 19.4. The van der Waals surface area contributed by atoms with E-state index < -0.39 is 17.7 Å². The van der Waals surface area contributed by atoms with Crippen LogP contribution in [0.1, 0.15) is 83.0 Å². The second kappa shape index (κ2) is 16.5. The minimum atomic E-state index is -0.658. The zero-order valence-corrected chi connectivity index (χ0v) is 33.7. The molecule has 12 nitrogen and oxygen atoms in total. The average Bonchev–Trinajstić information content (AvgIpc) is 3.17. The highest BCUT2D eigenvalue weighted by Gasteiger charge is 2.34. The van der Waals surface area contributed by atoms with Crippen LogP contribution in [0.3, 0.4) is 0 Å². The zero-order chi connectivity index (χ0) is 40.4. The molecule has 1 N–H and O–H groups in total. The van der Waals surface area contributed by atoms with Crippen LogP contribution in [0, 0.1) is 0 Å². The molecule has 1 amide bonds. The fourth-order valence-corrected chi connectivity index (χ4v) is 7.95. The van der Waals surface area contributed by atoms with E-state index in [2.05, 4.69) is 53.5 Å². The molecule has 0 saturated heterocycles. The minimum absolute atomic E-state index is 0.0454. The number of aldehydes is 1. The number of nitrogens with one attached hydrogen (secondary N) is 1. The number of alkyl carbamates (subject to hydrolysis) is 1. The largest absolute Gasteiger partial charge is 0.493 e. The zero-order valence-electron chi connectivity index (χ0n) is 33.7. The van der Waals surface area contributed by atoms with E-state index in [4.69, 9.17) is 28.4 Å². The first-order valence-electron chi connectivity index (χ1n) is 19.4. The Bertz CT molecular complexity index is 2160. The summed E-state index contributed by atoms with van der Waals surface area (Å²) >= 11 is 0. The molecule has 4 aliphatic rings. The van der Waals surface area contributed by atoms with Gasteiger partial charge in [0.1, 0.15) is 11.4 Å². The van der Waals surface area contributed by atoms with Crippen molar-refractivity contribution in [3.8, 4) is 40.2 Å². The first kappa shape index (κ1) is 39.6. The molecular formula is C45H51N3O9. The van der Waals surface area contributed by atoms with Gasteiger partial charge in [-0.25, -0.2) is 4.79 Å². The Morgan fingerprint density at radius 1 is 0.825 bits per heavy atom. The topological polar surface area (TPSA) is 125 Å². The number of benzene rings is 4. The molecule has 12 heteroatoms. The maximum absolute atomic E-state index is 13.1. The summed E-state index contributed by atoms with van der Waals surface area (Å²) in [6.07, 6.45) is 2.97. The molecule has 0 radical (unpaired) electrons. The molecule has 4 aromatic carbocycles. The van der Waals surface area contributed by atoms with Gasteiger partial charge in [-0.15, -0.1) is 0 Å². The van der Waals surface area contributed by atoms with E-state index in [-0.39, 0.29) is 30.8 Å². The molecule has 4 aromatic rings. The molecule has 300 valence electrons. The predicted molar refractivity (Wildman–Crippen MR) is 214 cm³/mol. The summed E-state index contributed by atoms with van der Waals surface area (Å²) in [5.41, 5.74) is 6.06. The van der Waals surface area contributed by atoms with Gasteiger partial charge in [0.25, 0.3) is 0 Å². The summed E-state index contributed by atoms with van der Waals surface area (Å²) in [4.78, 5) is 42.4. The quantitative estimate of drug-likeness (QED) is 0.112. The maximum atomic E-state index is 13.1. The van der Waals surface area contributed by atoms with E-state index in [1.54, 1.807) is 41.1 Å². The van der Waals surface area contributed by atoms with Crippen LogP contribution >= 0.6 is 0 Å². The van der Waals surface area contributed by atoms with Gasteiger partial charge in [-0.2, -0.15) is 0 Å². The number of amides is 1. The van der Waals surface area contributed by atoms with Crippen LogP contribution in [-0.4, -0.2) is 81.7 Å². The molecule has 0 spiro atoms. The van der Waals surface area contributed by atoms with E-state index in [1.807, 2.05) is 30.3 Å². The Labute approximate surface area is 333 Å². The van der Waals surface area contributed by atoms with Crippen molar-refractivity contribution in [3.05, 3.63) is 99.6 Å². The molecule has 0 fully saturated rings. The molecule has 4 heterocycles. The number of carbonyl (C=O) groups excluding carboxylic acids is 3. The Balaban J connectivity index is 1.31. The van der Waals surface area contributed by atoms with E-state index >= 15 is 0 Å². The SMILES string of the molecule is COc1cc2c3cc1Oc1c(OC)c(C=O)cc4c1[C@@H](Cc1ccc(OC(=O)CCNC(=O)OC(C)(C)C)c(c1)Oc1ccc(cc1)CC3N(C)CC2)N(C)CC4. The molecular weight excluding hydrogens is 727 g/mol. The molecule has 1 unspecified atom stereocenters. The van der Waals surface area contributed by atoms with Crippen LogP contribution < -0.4 is 29.0 Å². The predicted octanol–water partition coefficient (Wildman–Crippen LogP) is 7.78. The number of hydrogen-bond acceptors (Lipinski definition) is 11. The molecule has 4 aliphatic heterocycles. The van der Waals surface area contributed by atoms with Crippen molar-refractivity contribution in [3.63, 3.8) is 0 Å². The number of fused-ring (bicyclic) bond motifs is 2. The van der Waals surface area contributed by atoms with Gasteiger partial charge >= 0.3 is 12.1 Å². The lowest BCUT2D eigenvalue weighted by molar-refractivity contribution is -0.134. The number of carbonyl (C=O) groups is 3. The molecule has 0 aliphatic carbocycles. The molecule has 2 atom stereocenters. The number of likely N-dealkylation sites (N-methyl/N-ethyl adjacent to an activating group) is 2. The Kier molecular flexibility index (Phi) is 11.5. The lowest BCUT2D eigenvalue weighted by atomic mass is 9.86. The number of rotatable bonds is 7. The summed E-state index contributed by atoms with van der Waals surface area (Å²) in [5, 5.41) is 2.60. The highest BCUT2D eigenvalue weighted by atomic mass is 16.6. The monoisotopic (exact) mass is 777 g/mol. The number of nitrogens with zero attached hydrogens (tertiary/aromatic N) is 2. The molecule has 6 bridgehead atoms. The maximum Gasteiger partial charge on any atom is 0.407 e. The van der Waals surface area contributed by atoms with Crippen LogP contribution in [0.25, 0.3) is 0 Å². The van der Waals surface area contributed by atoms with Crippen molar-refractivity contribution in [2.45, 2.75) is 70.6 Å². The summed E-state index contributed by atoms with van der Waals surface area (Å²) < 4.78 is 36.5. The van der Waals surface area contributed by atoms with E-state index in [0.29, 0.717) is 52.9 Å². The second-order valence-electron chi connectivity index (χ2n) is 15.9. The Morgan fingerprint density at radius 2 is 1.51 bits per heavy atom. The highest BCUT2D eigenvalue weighted by molar-refractivity contribution is 5.83. The minimum Gasteiger partial charge on any atom is -0.493 e. The van der Waals surface area contributed by atoms with Gasteiger partial charge in [-0.3, -0.25) is 19.4 Å². The van der Waals surface area contributed by atoms with Crippen molar-refractivity contribution in [1.29, 1.82) is 0 Å². The van der Waals surface area contributed by atoms with Gasteiger partial charge in [-0.05, 0) is 131 Å². The van der Waals surface area contributed by atoms with Gasteiger partial charge in [0.2, 0.25) is 0 Å². The van der Waals surface area contributed by atoms with Gasteiger partial charge in [0.05, 0.1) is 26.2 Å². The standard InChI is InChI=1S/C45H51N3O9/c1-45(2,3)57-44(51)46-17-14-40(50)55-36-13-10-28-21-35-41-30(16-19-48(35)5)23-31(26-49)42(53-7)43(41)56-39-25-33-29(24-37(39)52-6)15-18-47(4)34(33)20-27-8-11-32(12-9-27)54-38(36)22-28/h8-13,22-26,34-35H,14-21H2,1-7H3,(H,46,51)/t34?,35-/m1/s1. The number of ether oxygens (including phenoxy) is 6. The molecule has 0 saturated carbocycles. The van der Waals surface area contributed by atoms with Crippen LogP contribution in [0.4, 0.5) is 4.79 Å². The lowest BCUT2D eigenvalue weighted by Crippen LogP contribution is -2.34. The van der Waals surface area contributed by atoms with Gasteiger partial charge < -0.3 is 33.7 Å². The molecule has 57 heavy (non-hydrogen) atoms. The fourth-order valence-electron chi connectivity index (χ4n) is 7.95. The average molecular weight is 778 g/mol. The second-order valence-corrected chi connectivity index (χ2v) is 15.9. The summed E-state index contributed by atoms with van der Waals surface area (Å²) in [6, 6.07) is 19.5. The smallest absolute Gasteiger partial charge is 0.407 e. The lowest BCUT2D eigenvalue weighted by Gasteiger charge is -2.37. The third kappa shape index (κ3) is 8.72. The van der Waals surface area contributed by atoms with Gasteiger partial charge in [0, 0.05) is 37.3 Å². The third-order valence-electron chi connectivity index (χ3n) is 10.8. The van der Waals surface area contributed by atoms with E-state index in [9.17, 15) is 14.4 Å². The molecule has 8 rings (SSSR count). The normalized spacial score (nSPS) is 17.8. The summed E-state index contributed by atoms with van der Waals surface area (Å²) in [5.74, 6) is 2.67. The van der Waals surface area contributed by atoms with Crippen molar-refractivity contribution in [2.75, 3.05) is 47.9 Å². The van der Waals surface area contributed by atoms with Crippen molar-refractivity contribution in [1.82, 2.24) is 15.1 Å². The van der Waals surface area contributed by atoms with Crippen LogP contribution in [-0.2, 0) is 35.2 Å². The van der Waals surface area contributed by atoms with Crippen molar-refractivity contribution in [2.24, 2.45) is 0 Å². The third-order valence-corrected chi connectivity index (χ3v) is 10.8. The van der Waals surface area contributed by atoms with E-state index in [1.165, 1.54) is 5.56 Å². The number of methoxy groups -OCH3 is 2. The van der Waals surface area contributed by atoms with Crippen LogP contribution in [0.15, 0.2) is 60.7 Å². The summed E-state index contributed by atoms with van der Waals surface area (Å²) in [6.45, 7) is 7.00. The van der Waals surface area contributed by atoms with Crippen LogP contribution in [0.5, 0.6) is 40.2 Å². The fraction of sp³-hybridized carbons (Fsp3) is 0.400. The van der Waals surface area contributed by atoms with Crippen molar-refractivity contribution >= 4 is 18.3 Å². The Morgan fingerprint density at radius 3 is 2.21 bits per heavy atom. The van der Waals surface area contributed by atoms with Gasteiger partial charge in [-0.1, -0.05) is 18.2 Å². The molecule has 0 aromatic heterocycles. The number of hydrogen-bond donors (Lipinski definition) is 1.